The molecule has 0 bridgehead atoms. The van der Waals surface area contributed by atoms with Crippen LogP contribution in [-0.4, -0.2) is 15.5 Å². The van der Waals surface area contributed by atoms with Gasteiger partial charge in [0, 0.05) is 6.54 Å². The number of para-hydroxylation sites is 3. The second kappa shape index (κ2) is 6.52. The molecular formula is C18H14N2O4S. The molecule has 25 heavy (non-hydrogen) atoms. The Hall–Kier alpha value is -2.93. The van der Waals surface area contributed by atoms with Gasteiger partial charge in [0.15, 0.2) is 5.58 Å². The average Bonchev–Trinajstić information content (AvgIpc) is 3.18. The molecule has 6 nitrogen and oxygen atoms in total. The van der Waals surface area contributed by atoms with Crippen molar-refractivity contribution in [2.45, 2.75) is 19.6 Å². The molecule has 2 heterocycles. The lowest BCUT2D eigenvalue weighted by molar-refractivity contribution is -0.145. The van der Waals surface area contributed by atoms with Crippen molar-refractivity contribution >= 4 is 38.6 Å². The van der Waals surface area contributed by atoms with Gasteiger partial charge in [-0.3, -0.25) is 9.36 Å². The van der Waals surface area contributed by atoms with Gasteiger partial charge < -0.3 is 9.15 Å². The third kappa shape index (κ3) is 3.18. The van der Waals surface area contributed by atoms with Gasteiger partial charge in [-0.15, -0.1) is 11.3 Å². The van der Waals surface area contributed by atoms with Crippen molar-refractivity contribution in [1.82, 2.24) is 9.55 Å². The number of aryl methyl sites for hydroxylation is 1. The second-order valence-electron chi connectivity index (χ2n) is 5.47. The fraction of sp³-hybridized carbons (Fsp3) is 0.167. The van der Waals surface area contributed by atoms with E-state index in [-0.39, 0.29) is 25.5 Å². The van der Waals surface area contributed by atoms with Gasteiger partial charge >= 0.3 is 11.7 Å². The molecule has 0 fully saturated rings. The van der Waals surface area contributed by atoms with Crippen molar-refractivity contribution in [3.8, 4) is 0 Å². The van der Waals surface area contributed by atoms with Crippen LogP contribution >= 0.6 is 11.3 Å². The smallest absolute Gasteiger partial charge is 0.419 e. The summed E-state index contributed by atoms with van der Waals surface area (Å²) in [4.78, 5) is 28.3. The minimum atomic E-state index is -0.472. The number of fused-ring (bicyclic) bond motifs is 2. The highest BCUT2D eigenvalue weighted by molar-refractivity contribution is 7.18. The van der Waals surface area contributed by atoms with E-state index in [9.17, 15) is 9.59 Å². The van der Waals surface area contributed by atoms with Crippen LogP contribution in [0.25, 0.3) is 21.3 Å². The predicted octanol–water partition coefficient (Wildman–Crippen LogP) is 3.34. The molecule has 4 aromatic rings. The van der Waals surface area contributed by atoms with E-state index < -0.39 is 5.76 Å². The summed E-state index contributed by atoms with van der Waals surface area (Å²) in [5, 5.41) is 0.750. The SMILES string of the molecule is O=C(CCn1c(=O)oc2ccccc21)OCc1nc2ccccc2s1. The zero-order valence-corrected chi connectivity index (χ0v) is 14.0. The van der Waals surface area contributed by atoms with E-state index in [4.69, 9.17) is 9.15 Å². The maximum absolute atomic E-state index is 12.0. The molecule has 126 valence electrons. The number of benzene rings is 2. The van der Waals surface area contributed by atoms with Crippen molar-refractivity contribution in [3.05, 3.63) is 64.1 Å². The normalized spacial score (nSPS) is 11.2. The summed E-state index contributed by atoms with van der Waals surface area (Å²) in [5.41, 5.74) is 2.08. The monoisotopic (exact) mass is 354 g/mol. The van der Waals surface area contributed by atoms with Gasteiger partial charge in [-0.2, -0.15) is 0 Å². The van der Waals surface area contributed by atoms with Gasteiger partial charge in [0.25, 0.3) is 0 Å². The van der Waals surface area contributed by atoms with E-state index in [0.717, 1.165) is 15.2 Å². The third-order valence-corrected chi connectivity index (χ3v) is 4.82. The summed E-state index contributed by atoms with van der Waals surface area (Å²) in [5.74, 6) is -0.850. The first-order valence-corrected chi connectivity index (χ1v) is 8.61. The van der Waals surface area contributed by atoms with Crippen LogP contribution in [0.15, 0.2) is 57.7 Å². The summed E-state index contributed by atoms with van der Waals surface area (Å²) in [6.45, 7) is 0.355. The molecule has 0 N–H and O–H groups in total. The van der Waals surface area contributed by atoms with Crippen LogP contribution in [-0.2, 0) is 22.7 Å². The Morgan fingerprint density at radius 3 is 2.84 bits per heavy atom. The molecule has 0 aliphatic heterocycles. The van der Waals surface area contributed by atoms with Crippen LogP contribution in [0, 0.1) is 0 Å². The Kier molecular flexibility index (Phi) is 4.07. The summed E-state index contributed by atoms with van der Waals surface area (Å²) >= 11 is 1.50. The Morgan fingerprint density at radius 2 is 1.96 bits per heavy atom. The van der Waals surface area contributed by atoms with E-state index in [1.807, 2.05) is 30.3 Å². The minimum absolute atomic E-state index is 0.0916. The number of rotatable bonds is 5. The van der Waals surface area contributed by atoms with E-state index in [0.29, 0.717) is 11.1 Å². The molecule has 7 heteroatoms. The maximum Gasteiger partial charge on any atom is 0.419 e. The number of esters is 1. The number of hydrogen-bond acceptors (Lipinski definition) is 6. The molecule has 0 spiro atoms. The number of thiazole rings is 1. The fourth-order valence-corrected chi connectivity index (χ4v) is 3.51. The fourth-order valence-electron chi connectivity index (χ4n) is 2.62. The zero-order chi connectivity index (χ0) is 17.2. The van der Waals surface area contributed by atoms with Crippen molar-refractivity contribution in [3.63, 3.8) is 0 Å². The number of ether oxygens (including phenoxy) is 1. The molecule has 0 saturated heterocycles. The van der Waals surface area contributed by atoms with Crippen LogP contribution in [0.2, 0.25) is 0 Å². The molecule has 0 unspecified atom stereocenters. The highest BCUT2D eigenvalue weighted by Gasteiger charge is 2.12. The van der Waals surface area contributed by atoms with Gasteiger partial charge in [0.05, 0.1) is 22.2 Å². The van der Waals surface area contributed by atoms with Crippen molar-refractivity contribution in [2.75, 3.05) is 0 Å². The lowest BCUT2D eigenvalue weighted by Crippen LogP contribution is -2.17. The first-order chi connectivity index (χ1) is 12.2. The summed E-state index contributed by atoms with van der Waals surface area (Å²) in [7, 11) is 0. The van der Waals surface area contributed by atoms with Gasteiger partial charge in [0.2, 0.25) is 0 Å². The highest BCUT2D eigenvalue weighted by Crippen LogP contribution is 2.22. The van der Waals surface area contributed by atoms with Crippen molar-refractivity contribution in [1.29, 1.82) is 0 Å². The van der Waals surface area contributed by atoms with Crippen LogP contribution in [0.4, 0.5) is 0 Å². The quantitative estimate of drug-likeness (QED) is 0.514. The Morgan fingerprint density at radius 1 is 1.16 bits per heavy atom. The van der Waals surface area contributed by atoms with Crippen LogP contribution in [0.3, 0.4) is 0 Å². The van der Waals surface area contributed by atoms with E-state index in [1.54, 1.807) is 18.2 Å². The van der Waals surface area contributed by atoms with Crippen LogP contribution in [0.1, 0.15) is 11.4 Å². The lowest BCUT2D eigenvalue weighted by Gasteiger charge is -2.03. The van der Waals surface area contributed by atoms with Gasteiger partial charge in [-0.25, -0.2) is 9.78 Å². The second-order valence-corrected chi connectivity index (χ2v) is 6.59. The molecule has 2 aromatic carbocycles. The van der Waals surface area contributed by atoms with E-state index >= 15 is 0 Å². The molecule has 4 rings (SSSR count). The first-order valence-electron chi connectivity index (χ1n) is 7.79. The van der Waals surface area contributed by atoms with Crippen molar-refractivity contribution in [2.24, 2.45) is 0 Å². The standard InChI is InChI=1S/C18H14N2O4S/c21-17(23-11-16-19-12-5-1-4-8-15(12)25-16)9-10-20-13-6-2-3-7-14(13)24-18(20)22/h1-8H,9-11H2. The first kappa shape index (κ1) is 15.6. The number of oxazole rings is 1. The molecular weight excluding hydrogens is 340 g/mol. The van der Waals surface area contributed by atoms with Crippen molar-refractivity contribution < 1.29 is 13.9 Å². The molecule has 0 saturated carbocycles. The van der Waals surface area contributed by atoms with Gasteiger partial charge in [-0.1, -0.05) is 24.3 Å². The molecule has 0 radical (unpaired) electrons. The number of aromatic nitrogens is 2. The molecule has 0 atom stereocenters. The highest BCUT2D eigenvalue weighted by atomic mass is 32.1. The average molecular weight is 354 g/mol. The number of nitrogens with zero attached hydrogens (tertiary/aromatic N) is 2. The number of carbonyl (C=O) groups is 1. The number of hydrogen-bond donors (Lipinski definition) is 0. The van der Waals surface area contributed by atoms with Crippen LogP contribution in [0.5, 0.6) is 0 Å². The maximum atomic E-state index is 12.0. The minimum Gasteiger partial charge on any atom is -0.458 e. The van der Waals surface area contributed by atoms with Crippen LogP contribution < -0.4 is 5.76 Å². The molecule has 0 amide bonds. The Balaban J connectivity index is 1.39. The van der Waals surface area contributed by atoms with Gasteiger partial charge in [0.1, 0.15) is 11.6 Å². The third-order valence-electron chi connectivity index (χ3n) is 3.81. The number of carbonyl (C=O) groups excluding carboxylic acids is 1. The molecule has 2 aromatic heterocycles. The Labute approximate surface area is 146 Å². The lowest BCUT2D eigenvalue weighted by atomic mass is 10.3. The molecule has 0 aliphatic carbocycles. The summed E-state index contributed by atoms with van der Waals surface area (Å²) in [6.07, 6.45) is 0.0916. The summed E-state index contributed by atoms with van der Waals surface area (Å²) in [6, 6.07) is 14.9. The predicted molar refractivity (Wildman–Crippen MR) is 94.5 cm³/mol. The largest absolute Gasteiger partial charge is 0.458 e. The Bertz CT molecular complexity index is 1080. The summed E-state index contributed by atoms with van der Waals surface area (Å²) < 4.78 is 12.9. The molecule has 0 aliphatic rings. The van der Waals surface area contributed by atoms with E-state index in [2.05, 4.69) is 4.98 Å². The van der Waals surface area contributed by atoms with E-state index in [1.165, 1.54) is 15.9 Å². The topological polar surface area (TPSA) is 74.3 Å². The zero-order valence-electron chi connectivity index (χ0n) is 13.2. The van der Waals surface area contributed by atoms with Gasteiger partial charge in [-0.05, 0) is 24.3 Å².